The highest BCUT2D eigenvalue weighted by Gasteiger charge is 2.46. The first-order chi connectivity index (χ1) is 9.49. The molecule has 1 aliphatic heterocycles. The van der Waals surface area contributed by atoms with Gasteiger partial charge in [0.2, 0.25) is 5.91 Å². The third kappa shape index (κ3) is 2.54. The van der Waals surface area contributed by atoms with Crippen molar-refractivity contribution in [3.63, 3.8) is 0 Å². The standard InChI is InChI=1S/C15H17FN2OS/c16-11-3-1-10-2-4-14(19)18(12(10)7-11)9-15(5-6-15)8-13(17)20/h1,3,7H,2,4-6,8-9H2,(H2,17,20). The van der Waals surface area contributed by atoms with E-state index in [1.807, 2.05) is 0 Å². The number of nitrogens with two attached hydrogens (primary N) is 1. The van der Waals surface area contributed by atoms with Crippen LogP contribution in [0.2, 0.25) is 0 Å². The van der Waals surface area contributed by atoms with Crippen LogP contribution in [0.3, 0.4) is 0 Å². The molecule has 20 heavy (non-hydrogen) atoms. The van der Waals surface area contributed by atoms with E-state index in [4.69, 9.17) is 18.0 Å². The minimum atomic E-state index is -0.303. The Kier molecular flexibility index (Phi) is 3.24. The van der Waals surface area contributed by atoms with Crippen LogP contribution in [-0.2, 0) is 11.2 Å². The molecule has 0 aromatic heterocycles. The Morgan fingerprint density at radius 3 is 2.80 bits per heavy atom. The van der Waals surface area contributed by atoms with Crippen molar-refractivity contribution in [1.82, 2.24) is 0 Å². The molecule has 1 aliphatic carbocycles. The van der Waals surface area contributed by atoms with Crippen molar-refractivity contribution in [2.24, 2.45) is 11.1 Å². The van der Waals surface area contributed by atoms with E-state index < -0.39 is 0 Å². The highest BCUT2D eigenvalue weighted by Crippen LogP contribution is 2.50. The summed E-state index contributed by atoms with van der Waals surface area (Å²) in [4.78, 5) is 14.4. The van der Waals surface area contributed by atoms with Crippen LogP contribution in [0, 0.1) is 11.2 Å². The van der Waals surface area contributed by atoms with Gasteiger partial charge in [-0.3, -0.25) is 4.79 Å². The lowest BCUT2D eigenvalue weighted by molar-refractivity contribution is -0.119. The molecule has 1 aromatic carbocycles. The number of fused-ring (bicyclic) bond motifs is 1. The summed E-state index contributed by atoms with van der Waals surface area (Å²) in [5.74, 6) is -0.236. The van der Waals surface area contributed by atoms with Gasteiger partial charge in [-0.25, -0.2) is 4.39 Å². The topological polar surface area (TPSA) is 46.3 Å². The Morgan fingerprint density at radius 1 is 1.40 bits per heavy atom. The van der Waals surface area contributed by atoms with Crippen molar-refractivity contribution in [3.05, 3.63) is 29.6 Å². The second-order valence-corrected chi connectivity index (χ2v) is 6.42. The molecule has 106 valence electrons. The van der Waals surface area contributed by atoms with Gasteiger partial charge in [-0.15, -0.1) is 0 Å². The molecule has 2 aliphatic rings. The molecule has 5 heteroatoms. The molecule has 1 fully saturated rings. The number of aryl methyl sites for hydroxylation is 1. The van der Waals surface area contributed by atoms with Crippen molar-refractivity contribution in [1.29, 1.82) is 0 Å². The highest BCUT2D eigenvalue weighted by molar-refractivity contribution is 7.80. The van der Waals surface area contributed by atoms with E-state index >= 15 is 0 Å². The number of halogens is 1. The molecule has 3 nitrogen and oxygen atoms in total. The maximum Gasteiger partial charge on any atom is 0.227 e. The summed E-state index contributed by atoms with van der Waals surface area (Å²) < 4.78 is 13.5. The van der Waals surface area contributed by atoms with Gasteiger partial charge in [0.05, 0.1) is 4.99 Å². The Balaban J connectivity index is 1.88. The first-order valence-electron chi connectivity index (χ1n) is 6.86. The Bertz CT molecular complexity index is 583. The first kappa shape index (κ1) is 13.5. The lowest BCUT2D eigenvalue weighted by Crippen LogP contribution is -2.40. The summed E-state index contributed by atoms with van der Waals surface area (Å²) in [6.45, 7) is 0.597. The van der Waals surface area contributed by atoms with Gasteiger partial charge in [-0.2, -0.15) is 0 Å². The number of carbonyl (C=O) groups excluding carboxylic acids is 1. The van der Waals surface area contributed by atoms with Gasteiger partial charge in [-0.1, -0.05) is 18.3 Å². The molecule has 2 N–H and O–H groups in total. The number of nitrogens with zero attached hydrogens (tertiary/aromatic N) is 1. The van der Waals surface area contributed by atoms with Gasteiger partial charge in [0, 0.05) is 25.1 Å². The van der Waals surface area contributed by atoms with Gasteiger partial charge in [0.25, 0.3) is 0 Å². The Labute approximate surface area is 122 Å². The highest BCUT2D eigenvalue weighted by atomic mass is 32.1. The van der Waals surface area contributed by atoms with Crippen molar-refractivity contribution in [3.8, 4) is 0 Å². The second-order valence-electron chi connectivity index (χ2n) is 5.90. The van der Waals surface area contributed by atoms with Crippen LogP contribution in [0.25, 0.3) is 0 Å². The van der Waals surface area contributed by atoms with Crippen LogP contribution in [-0.4, -0.2) is 17.4 Å². The summed E-state index contributed by atoms with van der Waals surface area (Å²) in [7, 11) is 0. The number of hydrogen-bond acceptors (Lipinski definition) is 2. The average molecular weight is 292 g/mol. The molecule has 1 saturated carbocycles. The molecule has 1 heterocycles. The summed E-state index contributed by atoms with van der Waals surface area (Å²) in [5.41, 5.74) is 7.42. The molecule has 0 atom stereocenters. The number of anilines is 1. The fraction of sp³-hybridized carbons (Fsp3) is 0.467. The van der Waals surface area contributed by atoms with Crippen LogP contribution in [0.1, 0.15) is 31.2 Å². The Morgan fingerprint density at radius 2 is 2.15 bits per heavy atom. The molecule has 1 aromatic rings. The maximum absolute atomic E-state index is 13.5. The van der Waals surface area contributed by atoms with Crippen LogP contribution in [0.4, 0.5) is 10.1 Å². The molecule has 0 radical (unpaired) electrons. The monoisotopic (exact) mass is 292 g/mol. The van der Waals surface area contributed by atoms with Gasteiger partial charge in [-0.05, 0) is 42.4 Å². The van der Waals surface area contributed by atoms with Crippen molar-refractivity contribution in [2.75, 3.05) is 11.4 Å². The molecule has 0 spiro atoms. The number of hydrogen-bond donors (Lipinski definition) is 1. The van der Waals surface area contributed by atoms with Gasteiger partial charge < -0.3 is 10.6 Å². The van der Waals surface area contributed by atoms with Crippen LogP contribution >= 0.6 is 12.2 Å². The van der Waals surface area contributed by atoms with Crippen LogP contribution < -0.4 is 10.6 Å². The van der Waals surface area contributed by atoms with E-state index in [1.165, 1.54) is 12.1 Å². The normalized spacial score (nSPS) is 19.6. The fourth-order valence-electron chi connectivity index (χ4n) is 2.96. The van der Waals surface area contributed by atoms with E-state index in [9.17, 15) is 9.18 Å². The number of rotatable bonds is 4. The molecule has 0 bridgehead atoms. The first-order valence-corrected chi connectivity index (χ1v) is 7.27. The third-order valence-electron chi connectivity index (χ3n) is 4.25. The van der Waals surface area contributed by atoms with Gasteiger partial charge in [0.15, 0.2) is 0 Å². The lowest BCUT2D eigenvalue weighted by atomic mass is 9.96. The Hall–Kier alpha value is -1.49. The minimum absolute atomic E-state index is 0.0163. The fourth-order valence-corrected chi connectivity index (χ4v) is 3.26. The van der Waals surface area contributed by atoms with Gasteiger partial charge in [0.1, 0.15) is 5.82 Å². The van der Waals surface area contributed by atoms with Crippen molar-refractivity contribution in [2.45, 2.75) is 32.1 Å². The number of carbonyl (C=O) groups is 1. The van der Waals surface area contributed by atoms with E-state index in [-0.39, 0.29) is 17.1 Å². The molecule has 0 unspecified atom stereocenters. The molecular formula is C15H17FN2OS. The van der Waals surface area contributed by atoms with Crippen LogP contribution in [0.15, 0.2) is 18.2 Å². The lowest BCUT2D eigenvalue weighted by Gasteiger charge is -2.32. The SMILES string of the molecule is NC(=S)CC1(CN2C(=O)CCc3ccc(F)cc32)CC1. The summed E-state index contributed by atoms with van der Waals surface area (Å²) >= 11 is 4.99. The van der Waals surface area contributed by atoms with Crippen LogP contribution in [0.5, 0.6) is 0 Å². The van der Waals surface area contributed by atoms with E-state index in [1.54, 1.807) is 11.0 Å². The average Bonchev–Trinajstić information content (AvgIpc) is 3.12. The summed E-state index contributed by atoms with van der Waals surface area (Å²) in [5, 5.41) is 0. The molecule has 1 amide bonds. The zero-order valence-corrected chi connectivity index (χ0v) is 12.0. The number of amides is 1. The van der Waals surface area contributed by atoms with Gasteiger partial charge >= 0.3 is 0 Å². The number of thiocarbonyl (C=S) groups is 1. The van der Waals surface area contributed by atoms with E-state index in [0.717, 1.165) is 24.1 Å². The zero-order valence-electron chi connectivity index (χ0n) is 11.2. The minimum Gasteiger partial charge on any atom is -0.393 e. The maximum atomic E-state index is 13.5. The molecule has 0 saturated heterocycles. The largest absolute Gasteiger partial charge is 0.393 e. The van der Waals surface area contributed by atoms with E-state index in [0.29, 0.717) is 30.8 Å². The third-order valence-corrected chi connectivity index (χ3v) is 4.39. The quantitative estimate of drug-likeness (QED) is 0.868. The molecule has 3 rings (SSSR count). The van der Waals surface area contributed by atoms with E-state index in [2.05, 4.69) is 0 Å². The molecular weight excluding hydrogens is 275 g/mol. The van der Waals surface area contributed by atoms with Crippen molar-refractivity contribution < 1.29 is 9.18 Å². The smallest absolute Gasteiger partial charge is 0.227 e. The second kappa shape index (κ2) is 4.81. The zero-order chi connectivity index (χ0) is 14.3. The number of benzene rings is 1. The predicted octanol–water partition coefficient (Wildman–Crippen LogP) is 2.56. The summed E-state index contributed by atoms with van der Waals surface area (Å²) in [6, 6.07) is 4.69. The van der Waals surface area contributed by atoms with Crippen molar-refractivity contribution >= 4 is 28.8 Å². The predicted molar refractivity (Wildman–Crippen MR) is 80.1 cm³/mol. The summed E-state index contributed by atoms with van der Waals surface area (Å²) in [6.07, 6.45) is 3.89.